The van der Waals surface area contributed by atoms with Crippen molar-refractivity contribution < 1.29 is 14.3 Å². The van der Waals surface area contributed by atoms with Crippen LogP contribution in [0.2, 0.25) is 0 Å². The first kappa shape index (κ1) is 27.4. The lowest BCUT2D eigenvalue weighted by molar-refractivity contribution is -0.152. The molecule has 0 aliphatic heterocycles. The summed E-state index contributed by atoms with van der Waals surface area (Å²) in [6, 6.07) is 33.4. The first-order chi connectivity index (χ1) is 19.3. The Hall–Kier alpha value is -4.18. The maximum Gasteiger partial charge on any atom is 0.355 e. The zero-order chi connectivity index (χ0) is 28.1. The largest absolute Gasteiger partial charge is 0.457 e. The van der Waals surface area contributed by atoms with Crippen LogP contribution in [0.25, 0.3) is 16.8 Å². The van der Waals surface area contributed by atoms with E-state index in [9.17, 15) is 9.59 Å². The fourth-order valence-electron chi connectivity index (χ4n) is 6.03. The first-order valence-corrected chi connectivity index (χ1v) is 14.2. The van der Waals surface area contributed by atoms with Gasteiger partial charge in [-0.05, 0) is 64.3 Å². The van der Waals surface area contributed by atoms with Crippen molar-refractivity contribution in [3.05, 3.63) is 126 Å². The summed E-state index contributed by atoms with van der Waals surface area (Å²) < 4.78 is 6.34. The van der Waals surface area contributed by atoms with Gasteiger partial charge in [0.05, 0.1) is 0 Å². The quantitative estimate of drug-likeness (QED) is 0.195. The molecule has 4 nitrogen and oxygen atoms in total. The van der Waals surface area contributed by atoms with Crippen LogP contribution in [-0.2, 0) is 14.9 Å². The molecule has 204 valence electrons. The van der Waals surface area contributed by atoms with Crippen molar-refractivity contribution in [3.8, 4) is 0 Å². The fourth-order valence-corrected chi connectivity index (χ4v) is 6.03. The molecule has 1 aliphatic rings. The number of amides is 1. The maximum absolute atomic E-state index is 13.9. The molecule has 4 aromatic rings. The van der Waals surface area contributed by atoms with Gasteiger partial charge in [-0.1, -0.05) is 118 Å². The summed E-state index contributed by atoms with van der Waals surface area (Å²) in [4.78, 5) is 27.1. The van der Waals surface area contributed by atoms with E-state index in [0.29, 0.717) is 11.5 Å². The Kier molecular flexibility index (Phi) is 8.16. The Labute approximate surface area is 237 Å². The highest BCUT2D eigenvalue weighted by molar-refractivity contribution is 6.04. The topological polar surface area (TPSA) is 55.4 Å². The molecule has 0 spiro atoms. The van der Waals surface area contributed by atoms with Gasteiger partial charge < -0.3 is 10.1 Å². The Bertz CT molecular complexity index is 1500. The van der Waals surface area contributed by atoms with Crippen LogP contribution in [0.15, 0.2) is 109 Å². The van der Waals surface area contributed by atoms with Crippen molar-refractivity contribution in [2.75, 3.05) is 0 Å². The predicted molar refractivity (Wildman–Crippen MR) is 162 cm³/mol. The van der Waals surface area contributed by atoms with Gasteiger partial charge in [0.1, 0.15) is 11.8 Å². The Balaban J connectivity index is 1.49. The predicted octanol–water partition coefficient (Wildman–Crippen LogP) is 7.94. The molecule has 1 saturated carbocycles. The first-order valence-electron chi connectivity index (χ1n) is 14.2. The van der Waals surface area contributed by atoms with Crippen LogP contribution in [-0.4, -0.2) is 18.0 Å². The third-order valence-corrected chi connectivity index (χ3v) is 8.38. The van der Waals surface area contributed by atoms with Gasteiger partial charge in [0.25, 0.3) is 5.91 Å². The number of benzene rings is 4. The Morgan fingerprint density at radius 3 is 2.23 bits per heavy atom. The number of fused-ring (bicyclic) bond motifs is 1. The smallest absolute Gasteiger partial charge is 0.355 e. The number of esters is 1. The van der Waals surface area contributed by atoms with Gasteiger partial charge in [0.15, 0.2) is 0 Å². The lowest BCUT2D eigenvalue weighted by Gasteiger charge is -2.44. The Morgan fingerprint density at radius 2 is 1.48 bits per heavy atom. The van der Waals surface area contributed by atoms with Crippen LogP contribution >= 0.6 is 0 Å². The second-order valence-electron chi connectivity index (χ2n) is 11.5. The van der Waals surface area contributed by atoms with E-state index in [2.05, 4.69) is 50.4 Å². The molecule has 4 aromatic carbocycles. The summed E-state index contributed by atoms with van der Waals surface area (Å²) in [5.74, 6) is -0.254. The highest BCUT2D eigenvalue weighted by atomic mass is 16.5. The molecule has 0 bridgehead atoms. The number of carbonyl (C=O) groups is 2. The number of hydrogen-bond donors (Lipinski definition) is 1. The van der Waals surface area contributed by atoms with E-state index in [0.717, 1.165) is 35.6 Å². The van der Waals surface area contributed by atoms with Gasteiger partial charge >= 0.3 is 5.97 Å². The molecular formula is C36H37NO3. The molecule has 0 radical (unpaired) electrons. The fraction of sp³-hybridized carbons (Fsp3) is 0.278. The second kappa shape index (κ2) is 11.9. The summed E-state index contributed by atoms with van der Waals surface area (Å²) in [6.45, 7) is 6.71. The summed E-state index contributed by atoms with van der Waals surface area (Å²) in [5, 5.41) is 4.94. The van der Waals surface area contributed by atoms with Crippen molar-refractivity contribution in [1.82, 2.24) is 5.32 Å². The van der Waals surface area contributed by atoms with Crippen molar-refractivity contribution in [3.63, 3.8) is 0 Å². The van der Waals surface area contributed by atoms with Crippen molar-refractivity contribution in [2.24, 2.45) is 11.8 Å². The molecule has 1 amide bonds. The van der Waals surface area contributed by atoms with Gasteiger partial charge in [-0.25, -0.2) is 4.79 Å². The third kappa shape index (κ3) is 6.02. The highest BCUT2D eigenvalue weighted by Crippen LogP contribution is 2.43. The number of nitrogens with one attached hydrogen (secondary N) is 1. The second-order valence-corrected chi connectivity index (χ2v) is 11.5. The van der Waals surface area contributed by atoms with E-state index >= 15 is 0 Å². The van der Waals surface area contributed by atoms with Crippen LogP contribution in [0.4, 0.5) is 0 Å². The zero-order valence-electron chi connectivity index (χ0n) is 23.5. The SMILES string of the molecule is C[C@@H]1CC[C@@H](C(C)(C)c2ccccc2)[C@H](OC(=O)/C(=C/c2cccc3ccccc23)NC(=O)c2ccccc2)C1. The minimum Gasteiger partial charge on any atom is -0.457 e. The summed E-state index contributed by atoms with van der Waals surface area (Å²) in [6.07, 6.45) is 4.34. The molecule has 0 saturated heterocycles. The van der Waals surface area contributed by atoms with Crippen molar-refractivity contribution in [1.29, 1.82) is 0 Å². The average molecular weight is 532 g/mol. The summed E-state index contributed by atoms with van der Waals surface area (Å²) in [5.41, 5.74) is 2.52. The normalized spacial score (nSPS) is 19.7. The van der Waals surface area contributed by atoms with Crippen LogP contribution in [0.3, 0.4) is 0 Å². The van der Waals surface area contributed by atoms with Crippen LogP contribution in [0.1, 0.15) is 61.5 Å². The third-order valence-electron chi connectivity index (χ3n) is 8.38. The molecule has 40 heavy (non-hydrogen) atoms. The maximum atomic E-state index is 13.9. The Morgan fingerprint density at radius 1 is 0.825 bits per heavy atom. The van der Waals surface area contributed by atoms with E-state index in [1.54, 1.807) is 30.3 Å². The summed E-state index contributed by atoms with van der Waals surface area (Å²) in [7, 11) is 0. The molecule has 0 unspecified atom stereocenters. The average Bonchev–Trinajstić information content (AvgIpc) is 2.97. The molecule has 1 fully saturated rings. The molecule has 1 aliphatic carbocycles. The van der Waals surface area contributed by atoms with Crippen molar-refractivity contribution in [2.45, 2.75) is 51.6 Å². The number of hydrogen-bond acceptors (Lipinski definition) is 3. The van der Waals surface area contributed by atoms with E-state index in [1.165, 1.54) is 5.56 Å². The zero-order valence-corrected chi connectivity index (χ0v) is 23.5. The van der Waals surface area contributed by atoms with Gasteiger partial charge in [-0.3, -0.25) is 4.79 Å². The van der Waals surface area contributed by atoms with Crippen LogP contribution in [0.5, 0.6) is 0 Å². The molecule has 5 rings (SSSR count). The monoisotopic (exact) mass is 531 g/mol. The van der Waals surface area contributed by atoms with E-state index in [-0.39, 0.29) is 29.0 Å². The van der Waals surface area contributed by atoms with Crippen LogP contribution in [0, 0.1) is 11.8 Å². The molecule has 1 N–H and O–H groups in total. The lowest BCUT2D eigenvalue weighted by Crippen LogP contribution is -2.44. The van der Waals surface area contributed by atoms with E-state index in [4.69, 9.17) is 4.74 Å². The molecule has 4 heteroatoms. The van der Waals surface area contributed by atoms with E-state index in [1.807, 2.05) is 54.6 Å². The molecule has 3 atom stereocenters. The van der Waals surface area contributed by atoms with Gasteiger partial charge in [-0.2, -0.15) is 0 Å². The molecule has 0 aromatic heterocycles. The van der Waals surface area contributed by atoms with E-state index < -0.39 is 5.97 Å². The minimum absolute atomic E-state index is 0.139. The summed E-state index contributed by atoms with van der Waals surface area (Å²) >= 11 is 0. The standard InChI is InChI=1S/C36H37NO3/c1-25-21-22-31(36(2,3)29-18-8-5-9-19-29)33(23-25)40-35(39)32(37-34(38)27-14-6-4-7-15-27)24-28-17-12-16-26-13-10-11-20-30(26)28/h4-20,24-25,31,33H,21-23H2,1-3H3,(H,37,38)/b32-24-/t25-,31-,33-/m1/s1. The van der Waals surface area contributed by atoms with Crippen molar-refractivity contribution >= 4 is 28.7 Å². The number of rotatable bonds is 7. The van der Waals surface area contributed by atoms with Gasteiger partial charge in [0.2, 0.25) is 0 Å². The van der Waals surface area contributed by atoms with Gasteiger partial charge in [-0.15, -0.1) is 0 Å². The molecular weight excluding hydrogens is 494 g/mol. The lowest BCUT2D eigenvalue weighted by atomic mass is 9.64. The minimum atomic E-state index is -0.509. The van der Waals surface area contributed by atoms with Crippen LogP contribution < -0.4 is 5.32 Å². The number of ether oxygens (including phenoxy) is 1. The highest BCUT2D eigenvalue weighted by Gasteiger charge is 2.42. The number of carbonyl (C=O) groups excluding carboxylic acids is 2. The van der Waals surface area contributed by atoms with Gasteiger partial charge in [0, 0.05) is 11.5 Å². The molecule has 0 heterocycles.